The van der Waals surface area contributed by atoms with Gasteiger partial charge in [-0.1, -0.05) is 19.3 Å². The van der Waals surface area contributed by atoms with Crippen molar-refractivity contribution in [3.8, 4) is 0 Å². The molecule has 0 aromatic rings. The highest BCUT2D eigenvalue weighted by Gasteiger charge is 2.32. The molecule has 17 heavy (non-hydrogen) atoms. The fourth-order valence-corrected chi connectivity index (χ4v) is 2.75. The van der Waals surface area contributed by atoms with Gasteiger partial charge in [0.2, 0.25) is 5.91 Å². The predicted octanol–water partition coefficient (Wildman–Crippen LogP) is 1.37. The minimum absolute atomic E-state index is 0.0617. The third kappa shape index (κ3) is 3.42. The minimum Gasteiger partial charge on any atom is -0.388 e. The first-order valence-electron chi connectivity index (χ1n) is 6.75. The largest absolute Gasteiger partial charge is 0.388 e. The zero-order valence-corrected chi connectivity index (χ0v) is 10.6. The third-order valence-corrected chi connectivity index (χ3v) is 3.90. The number of rotatable bonds is 3. The standard InChI is InChI=1S/C13H23NO3/c1-10-5-6-11(17-10)12(15)14-9-13(16)7-3-2-4-8-13/h10-11,16H,2-9H2,1H3,(H,14,15). The van der Waals surface area contributed by atoms with Crippen molar-refractivity contribution in [3.63, 3.8) is 0 Å². The van der Waals surface area contributed by atoms with E-state index in [2.05, 4.69) is 5.32 Å². The Morgan fingerprint density at radius 1 is 1.35 bits per heavy atom. The Bertz CT molecular complexity index is 274. The summed E-state index contributed by atoms with van der Waals surface area (Å²) in [5, 5.41) is 13.1. The summed E-state index contributed by atoms with van der Waals surface area (Å²) in [7, 11) is 0. The van der Waals surface area contributed by atoms with Crippen molar-refractivity contribution in [3.05, 3.63) is 0 Å². The molecule has 1 saturated carbocycles. The van der Waals surface area contributed by atoms with E-state index in [-0.39, 0.29) is 18.1 Å². The van der Waals surface area contributed by atoms with Crippen molar-refractivity contribution in [2.75, 3.05) is 6.54 Å². The Morgan fingerprint density at radius 2 is 2.06 bits per heavy atom. The van der Waals surface area contributed by atoms with E-state index in [4.69, 9.17) is 4.74 Å². The van der Waals surface area contributed by atoms with Crippen LogP contribution >= 0.6 is 0 Å². The zero-order chi connectivity index (χ0) is 12.3. The van der Waals surface area contributed by atoms with E-state index in [1.165, 1.54) is 6.42 Å². The molecule has 2 unspecified atom stereocenters. The summed E-state index contributed by atoms with van der Waals surface area (Å²) >= 11 is 0. The van der Waals surface area contributed by atoms with Crippen molar-refractivity contribution < 1.29 is 14.6 Å². The topological polar surface area (TPSA) is 58.6 Å². The molecule has 0 radical (unpaired) electrons. The Labute approximate surface area is 103 Å². The average molecular weight is 241 g/mol. The van der Waals surface area contributed by atoms with Gasteiger partial charge in [-0.15, -0.1) is 0 Å². The van der Waals surface area contributed by atoms with Crippen LogP contribution in [-0.4, -0.2) is 35.4 Å². The van der Waals surface area contributed by atoms with Gasteiger partial charge in [0.05, 0.1) is 11.7 Å². The van der Waals surface area contributed by atoms with Crippen LogP contribution in [0.25, 0.3) is 0 Å². The summed E-state index contributed by atoms with van der Waals surface area (Å²) in [6, 6.07) is 0. The van der Waals surface area contributed by atoms with Gasteiger partial charge in [0.15, 0.2) is 0 Å². The quantitative estimate of drug-likeness (QED) is 0.784. The van der Waals surface area contributed by atoms with Crippen LogP contribution in [0.5, 0.6) is 0 Å². The Morgan fingerprint density at radius 3 is 2.65 bits per heavy atom. The summed E-state index contributed by atoms with van der Waals surface area (Å²) in [6.45, 7) is 2.36. The fraction of sp³-hybridized carbons (Fsp3) is 0.923. The highest BCUT2D eigenvalue weighted by Crippen LogP contribution is 2.27. The molecule has 0 aromatic heterocycles. The smallest absolute Gasteiger partial charge is 0.249 e. The maximum Gasteiger partial charge on any atom is 0.249 e. The molecule has 4 heteroatoms. The molecule has 4 nitrogen and oxygen atoms in total. The molecule has 0 bridgehead atoms. The molecule has 0 aromatic carbocycles. The number of hydrogen-bond acceptors (Lipinski definition) is 3. The van der Waals surface area contributed by atoms with Gasteiger partial charge in [0, 0.05) is 6.54 Å². The monoisotopic (exact) mass is 241 g/mol. The Balaban J connectivity index is 1.75. The number of nitrogens with one attached hydrogen (secondary N) is 1. The molecule has 1 aliphatic carbocycles. The molecular weight excluding hydrogens is 218 g/mol. The van der Waals surface area contributed by atoms with E-state index in [0.717, 1.165) is 38.5 Å². The van der Waals surface area contributed by atoms with Gasteiger partial charge >= 0.3 is 0 Å². The predicted molar refractivity (Wildman–Crippen MR) is 64.6 cm³/mol. The Kier molecular flexibility index (Phi) is 4.05. The van der Waals surface area contributed by atoms with Gasteiger partial charge in [-0.25, -0.2) is 0 Å². The molecule has 0 spiro atoms. The first kappa shape index (κ1) is 12.8. The van der Waals surface area contributed by atoms with E-state index in [1.54, 1.807) is 0 Å². The molecule has 2 atom stereocenters. The summed E-state index contributed by atoms with van der Waals surface area (Å²) in [4.78, 5) is 11.8. The van der Waals surface area contributed by atoms with Crippen molar-refractivity contribution in [1.82, 2.24) is 5.32 Å². The normalized spacial score (nSPS) is 32.4. The highest BCUT2D eigenvalue weighted by atomic mass is 16.5. The lowest BCUT2D eigenvalue weighted by atomic mass is 9.85. The molecule has 2 aliphatic rings. The van der Waals surface area contributed by atoms with Gasteiger partial charge in [0.1, 0.15) is 6.10 Å². The summed E-state index contributed by atoms with van der Waals surface area (Å²) < 4.78 is 5.50. The maximum absolute atomic E-state index is 11.8. The molecule has 98 valence electrons. The SMILES string of the molecule is CC1CCC(C(=O)NCC2(O)CCCCC2)O1. The van der Waals surface area contributed by atoms with E-state index < -0.39 is 5.60 Å². The second-order valence-corrected chi connectivity index (χ2v) is 5.52. The molecule has 2 fully saturated rings. The van der Waals surface area contributed by atoms with Gasteiger partial charge in [0.25, 0.3) is 0 Å². The molecule has 1 heterocycles. The lowest BCUT2D eigenvalue weighted by molar-refractivity contribution is -0.133. The number of aliphatic hydroxyl groups is 1. The summed E-state index contributed by atoms with van der Waals surface area (Å²) in [5.41, 5.74) is -0.682. The van der Waals surface area contributed by atoms with Gasteiger partial charge < -0.3 is 15.2 Å². The van der Waals surface area contributed by atoms with E-state index in [9.17, 15) is 9.90 Å². The van der Waals surface area contributed by atoms with Crippen molar-refractivity contribution >= 4 is 5.91 Å². The summed E-state index contributed by atoms with van der Waals surface area (Å²) in [5.74, 6) is -0.0617. The van der Waals surface area contributed by atoms with Crippen LogP contribution in [0.1, 0.15) is 51.9 Å². The lowest BCUT2D eigenvalue weighted by Gasteiger charge is -2.32. The zero-order valence-electron chi connectivity index (χ0n) is 10.6. The van der Waals surface area contributed by atoms with Crippen LogP contribution in [0.3, 0.4) is 0 Å². The molecule has 2 rings (SSSR count). The van der Waals surface area contributed by atoms with Crippen LogP contribution in [0.4, 0.5) is 0 Å². The van der Waals surface area contributed by atoms with Gasteiger partial charge in [-0.2, -0.15) is 0 Å². The van der Waals surface area contributed by atoms with E-state index >= 15 is 0 Å². The second-order valence-electron chi connectivity index (χ2n) is 5.52. The summed E-state index contributed by atoms with van der Waals surface area (Å²) in [6.07, 6.45) is 6.53. The van der Waals surface area contributed by atoms with Crippen LogP contribution in [-0.2, 0) is 9.53 Å². The molecule has 2 N–H and O–H groups in total. The van der Waals surface area contributed by atoms with Gasteiger partial charge in [-0.3, -0.25) is 4.79 Å². The maximum atomic E-state index is 11.8. The molecular formula is C13H23NO3. The highest BCUT2D eigenvalue weighted by molar-refractivity contribution is 5.81. The first-order chi connectivity index (χ1) is 8.09. The first-order valence-corrected chi connectivity index (χ1v) is 6.75. The Hall–Kier alpha value is -0.610. The van der Waals surface area contributed by atoms with Crippen LogP contribution in [0.15, 0.2) is 0 Å². The lowest BCUT2D eigenvalue weighted by Crippen LogP contribution is -2.46. The van der Waals surface area contributed by atoms with E-state index in [1.807, 2.05) is 6.92 Å². The van der Waals surface area contributed by atoms with Crippen molar-refractivity contribution in [1.29, 1.82) is 0 Å². The van der Waals surface area contributed by atoms with Crippen LogP contribution in [0, 0.1) is 0 Å². The second kappa shape index (κ2) is 5.36. The number of hydrogen-bond donors (Lipinski definition) is 2. The third-order valence-electron chi connectivity index (χ3n) is 3.90. The molecule has 1 aliphatic heterocycles. The number of amides is 1. The fourth-order valence-electron chi connectivity index (χ4n) is 2.75. The van der Waals surface area contributed by atoms with Crippen LogP contribution < -0.4 is 5.32 Å². The number of ether oxygens (including phenoxy) is 1. The number of carbonyl (C=O) groups excluding carboxylic acids is 1. The minimum atomic E-state index is -0.682. The van der Waals surface area contributed by atoms with Crippen LogP contribution in [0.2, 0.25) is 0 Å². The molecule has 1 saturated heterocycles. The average Bonchev–Trinajstić information content (AvgIpc) is 2.74. The van der Waals surface area contributed by atoms with E-state index in [0.29, 0.717) is 6.54 Å². The van der Waals surface area contributed by atoms with Crippen molar-refractivity contribution in [2.24, 2.45) is 0 Å². The molecule has 1 amide bonds. The van der Waals surface area contributed by atoms with Gasteiger partial charge in [-0.05, 0) is 32.6 Å². The number of carbonyl (C=O) groups is 1. The van der Waals surface area contributed by atoms with Crippen molar-refractivity contribution in [2.45, 2.75) is 69.7 Å².